The van der Waals surface area contributed by atoms with E-state index in [2.05, 4.69) is 17.4 Å². The van der Waals surface area contributed by atoms with Crippen molar-refractivity contribution in [3.8, 4) is 11.5 Å². The summed E-state index contributed by atoms with van der Waals surface area (Å²) in [5.74, 6) is 1.56. The fourth-order valence-electron chi connectivity index (χ4n) is 2.69. The Balaban J connectivity index is 1.46. The molecule has 27 heavy (non-hydrogen) atoms. The van der Waals surface area contributed by atoms with Gasteiger partial charge in [0.2, 0.25) is 0 Å². The minimum absolute atomic E-state index is 0.0208. The molecule has 0 heterocycles. The quantitative estimate of drug-likeness (QED) is 0.505. The first-order valence-corrected chi connectivity index (χ1v) is 9.50. The Morgan fingerprint density at radius 1 is 0.926 bits per heavy atom. The molecule has 0 aliphatic rings. The number of rotatable bonds is 9. The van der Waals surface area contributed by atoms with Gasteiger partial charge in [0.25, 0.3) is 0 Å². The number of nitrogens with one attached hydrogen (secondary N) is 1. The molecule has 1 atom stereocenters. The molecule has 4 heteroatoms. The molecule has 3 aromatic rings. The molecule has 1 unspecified atom stereocenters. The second-order valence-electron chi connectivity index (χ2n) is 6.35. The average Bonchev–Trinajstić information content (AvgIpc) is 2.69. The number of hydrogen-bond acceptors (Lipinski definition) is 3. The van der Waals surface area contributed by atoms with E-state index in [9.17, 15) is 0 Å². The van der Waals surface area contributed by atoms with Crippen LogP contribution in [0.2, 0.25) is 5.02 Å². The minimum Gasteiger partial charge on any atom is -0.493 e. The van der Waals surface area contributed by atoms with Crippen LogP contribution in [0.15, 0.2) is 78.9 Å². The van der Waals surface area contributed by atoms with E-state index in [0.717, 1.165) is 17.9 Å². The summed E-state index contributed by atoms with van der Waals surface area (Å²) in [6.07, 6.45) is 0.869. The van der Waals surface area contributed by atoms with Gasteiger partial charge in [-0.2, -0.15) is 0 Å². The first kappa shape index (κ1) is 19.1. The molecule has 3 aromatic carbocycles. The normalized spacial score (nSPS) is 11.6. The molecule has 0 radical (unpaired) electrons. The van der Waals surface area contributed by atoms with Crippen molar-refractivity contribution in [1.82, 2.24) is 0 Å². The highest BCUT2D eigenvalue weighted by molar-refractivity contribution is 6.32. The average molecular weight is 382 g/mol. The van der Waals surface area contributed by atoms with Crippen molar-refractivity contribution in [3.05, 3.63) is 89.4 Å². The van der Waals surface area contributed by atoms with E-state index in [-0.39, 0.29) is 6.10 Å². The zero-order valence-corrected chi connectivity index (χ0v) is 16.2. The Morgan fingerprint density at radius 2 is 1.70 bits per heavy atom. The molecular formula is C23H24ClNO2. The predicted octanol–water partition coefficient (Wildman–Crippen LogP) is 5.84. The van der Waals surface area contributed by atoms with E-state index in [1.807, 2.05) is 73.7 Å². The molecule has 0 fully saturated rings. The van der Waals surface area contributed by atoms with E-state index < -0.39 is 0 Å². The van der Waals surface area contributed by atoms with E-state index in [4.69, 9.17) is 21.1 Å². The fourth-order valence-corrected chi connectivity index (χ4v) is 2.87. The van der Waals surface area contributed by atoms with Gasteiger partial charge in [-0.1, -0.05) is 60.1 Å². The Kier molecular flexibility index (Phi) is 7.00. The maximum absolute atomic E-state index is 6.14. The first-order chi connectivity index (χ1) is 13.2. The molecule has 3 rings (SSSR count). The van der Waals surface area contributed by atoms with Gasteiger partial charge in [-0.25, -0.2) is 0 Å². The SMILES string of the molecule is CC(CNc1cccc(OCCc2ccccc2)c1)Oc1ccccc1Cl. The smallest absolute Gasteiger partial charge is 0.138 e. The predicted molar refractivity (Wildman–Crippen MR) is 112 cm³/mol. The van der Waals surface area contributed by atoms with Crippen molar-refractivity contribution < 1.29 is 9.47 Å². The summed E-state index contributed by atoms with van der Waals surface area (Å²) in [6.45, 7) is 3.33. The topological polar surface area (TPSA) is 30.5 Å². The molecule has 0 aromatic heterocycles. The van der Waals surface area contributed by atoms with Crippen LogP contribution >= 0.6 is 11.6 Å². The van der Waals surface area contributed by atoms with Gasteiger partial charge in [0, 0.05) is 18.2 Å². The summed E-state index contributed by atoms with van der Waals surface area (Å²) in [5.41, 5.74) is 2.28. The molecule has 0 bridgehead atoms. The highest BCUT2D eigenvalue weighted by atomic mass is 35.5. The summed E-state index contributed by atoms with van der Waals surface area (Å²) >= 11 is 6.14. The van der Waals surface area contributed by atoms with Crippen LogP contribution < -0.4 is 14.8 Å². The van der Waals surface area contributed by atoms with Crippen molar-refractivity contribution in [2.45, 2.75) is 19.4 Å². The third kappa shape index (κ3) is 6.22. The molecule has 3 nitrogen and oxygen atoms in total. The highest BCUT2D eigenvalue weighted by Gasteiger charge is 2.07. The molecule has 1 N–H and O–H groups in total. The van der Waals surface area contributed by atoms with Gasteiger partial charge >= 0.3 is 0 Å². The van der Waals surface area contributed by atoms with Gasteiger partial charge in [0.05, 0.1) is 18.2 Å². The summed E-state index contributed by atoms with van der Waals surface area (Å²) in [5, 5.41) is 4.01. The Morgan fingerprint density at radius 3 is 2.52 bits per heavy atom. The van der Waals surface area contributed by atoms with Crippen LogP contribution in [-0.2, 0) is 6.42 Å². The lowest BCUT2D eigenvalue weighted by molar-refractivity contribution is 0.235. The lowest BCUT2D eigenvalue weighted by atomic mass is 10.2. The van der Waals surface area contributed by atoms with Crippen molar-refractivity contribution in [2.24, 2.45) is 0 Å². The Bertz CT molecular complexity index is 839. The standard InChI is InChI=1S/C23H24ClNO2/c1-18(27-23-13-6-5-12-22(23)24)17-25-20-10-7-11-21(16-20)26-15-14-19-8-3-2-4-9-19/h2-13,16,18,25H,14-15,17H2,1H3. The highest BCUT2D eigenvalue weighted by Crippen LogP contribution is 2.24. The molecule has 0 spiro atoms. The number of benzene rings is 3. The van der Waals surface area contributed by atoms with Crippen molar-refractivity contribution in [3.63, 3.8) is 0 Å². The summed E-state index contributed by atoms with van der Waals surface area (Å²) < 4.78 is 11.8. The van der Waals surface area contributed by atoms with Gasteiger partial charge in [0.1, 0.15) is 17.6 Å². The lowest BCUT2D eigenvalue weighted by Gasteiger charge is -2.17. The monoisotopic (exact) mass is 381 g/mol. The molecular weight excluding hydrogens is 358 g/mol. The number of halogens is 1. The molecule has 0 saturated carbocycles. The van der Waals surface area contributed by atoms with Gasteiger partial charge in [0.15, 0.2) is 0 Å². The van der Waals surface area contributed by atoms with Gasteiger partial charge in [-0.05, 0) is 36.8 Å². The zero-order valence-electron chi connectivity index (χ0n) is 15.4. The fraction of sp³-hybridized carbons (Fsp3) is 0.217. The van der Waals surface area contributed by atoms with Crippen molar-refractivity contribution >= 4 is 17.3 Å². The first-order valence-electron chi connectivity index (χ1n) is 9.12. The molecule has 0 amide bonds. The summed E-state index contributed by atoms with van der Waals surface area (Å²) in [4.78, 5) is 0. The van der Waals surface area contributed by atoms with E-state index >= 15 is 0 Å². The van der Waals surface area contributed by atoms with Crippen LogP contribution in [0.4, 0.5) is 5.69 Å². The Hall–Kier alpha value is -2.65. The van der Waals surface area contributed by atoms with Gasteiger partial charge in [-0.15, -0.1) is 0 Å². The second-order valence-corrected chi connectivity index (χ2v) is 6.76. The van der Waals surface area contributed by atoms with Gasteiger partial charge in [-0.3, -0.25) is 0 Å². The van der Waals surface area contributed by atoms with Crippen molar-refractivity contribution in [1.29, 1.82) is 0 Å². The third-order valence-electron chi connectivity index (χ3n) is 4.09. The second kappa shape index (κ2) is 9.89. The van der Waals surface area contributed by atoms with E-state index in [1.165, 1.54) is 5.56 Å². The summed E-state index contributed by atoms with van der Waals surface area (Å²) in [7, 11) is 0. The summed E-state index contributed by atoms with van der Waals surface area (Å²) in [6, 6.07) is 25.8. The van der Waals surface area contributed by atoms with Crippen LogP contribution in [-0.4, -0.2) is 19.3 Å². The molecule has 140 valence electrons. The lowest BCUT2D eigenvalue weighted by Crippen LogP contribution is -2.22. The van der Waals surface area contributed by atoms with Gasteiger partial charge < -0.3 is 14.8 Å². The number of anilines is 1. The van der Waals surface area contributed by atoms with Crippen LogP contribution in [0.3, 0.4) is 0 Å². The van der Waals surface area contributed by atoms with Crippen molar-refractivity contribution in [2.75, 3.05) is 18.5 Å². The minimum atomic E-state index is -0.0208. The van der Waals surface area contributed by atoms with E-state index in [1.54, 1.807) is 0 Å². The number of para-hydroxylation sites is 1. The maximum Gasteiger partial charge on any atom is 0.138 e. The molecule has 0 aliphatic carbocycles. The third-order valence-corrected chi connectivity index (χ3v) is 4.41. The van der Waals surface area contributed by atoms with Crippen LogP contribution in [0.25, 0.3) is 0 Å². The Labute approximate surface area is 165 Å². The zero-order chi connectivity index (χ0) is 18.9. The maximum atomic E-state index is 6.14. The molecule has 0 aliphatic heterocycles. The molecule has 0 saturated heterocycles. The van der Waals surface area contributed by atoms with Crippen LogP contribution in [0.1, 0.15) is 12.5 Å². The van der Waals surface area contributed by atoms with E-state index in [0.29, 0.717) is 23.9 Å². The largest absolute Gasteiger partial charge is 0.493 e. The number of hydrogen-bond donors (Lipinski definition) is 1. The van der Waals surface area contributed by atoms with Crippen LogP contribution in [0.5, 0.6) is 11.5 Å². The van der Waals surface area contributed by atoms with Crippen LogP contribution in [0, 0.1) is 0 Å². The number of ether oxygens (including phenoxy) is 2.